The Hall–Kier alpha value is -4.68. The second kappa shape index (κ2) is 19.1. The van der Waals surface area contributed by atoms with Gasteiger partial charge in [0, 0.05) is 20.0 Å². The SMILES string of the molecule is CCC(C)C(CN(CC(=O)NC(CCSC)C(=O)OC)Cc1cccc2ccccc12)N(C(C)=O)c1cncn1Cc1ccc(C(=O)OC)cc1. The van der Waals surface area contributed by atoms with Gasteiger partial charge in [-0.05, 0) is 58.4 Å². The molecule has 12 heteroatoms. The number of amides is 2. The maximum Gasteiger partial charge on any atom is 0.337 e. The molecule has 0 aliphatic heterocycles. The first-order valence-electron chi connectivity index (χ1n) is 17.1. The molecule has 0 bridgehead atoms. The number of rotatable bonds is 18. The summed E-state index contributed by atoms with van der Waals surface area (Å²) >= 11 is 1.59. The number of esters is 2. The average molecular weight is 716 g/mol. The lowest BCUT2D eigenvalue weighted by molar-refractivity contribution is -0.145. The molecule has 11 nitrogen and oxygen atoms in total. The first-order valence-corrected chi connectivity index (χ1v) is 18.5. The number of aromatic nitrogens is 2. The Morgan fingerprint density at radius 1 is 0.980 bits per heavy atom. The third kappa shape index (κ3) is 10.4. The molecule has 0 aliphatic carbocycles. The van der Waals surface area contributed by atoms with E-state index >= 15 is 0 Å². The molecule has 1 N–H and O–H groups in total. The van der Waals surface area contributed by atoms with Crippen LogP contribution in [0.1, 0.15) is 55.1 Å². The first kappa shape index (κ1) is 39.1. The highest BCUT2D eigenvalue weighted by atomic mass is 32.2. The molecule has 272 valence electrons. The molecule has 3 atom stereocenters. The quantitative estimate of drug-likeness (QED) is 0.132. The van der Waals surface area contributed by atoms with Crippen molar-refractivity contribution in [3.63, 3.8) is 0 Å². The topological polar surface area (TPSA) is 123 Å². The zero-order chi connectivity index (χ0) is 36.9. The lowest BCUT2D eigenvalue weighted by Gasteiger charge is -2.38. The van der Waals surface area contributed by atoms with Gasteiger partial charge in [0.05, 0.1) is 51.4 Å². The van der Waals surface area contributed by atoms with Crippen molar-refractivity contribution in [1.29, 1.82) is 0 Å². The molecule has 0 spiro atoms. The maximum absolute atomic E-state index is 13.7. The van der Waals surface area contributed by atoms with Crippen molar-refractivity contribution in [3.8, 4) is 0 Å². The van der Waals surface area contributed by atoms with Crippen LogP contribution in [0.4, 0.5) is 5.82 Å². The number of nitrogens with one attached hydrogen (secondary N) is 1. The standard InChI is InChI=1S/C39H49N5O6S/c1-7-27(2)35(44(28(3)45)37-21-40-26-43(37)22-29-15-17-31(18-16-29)38(47)49-4)24-42(23-32-13-10-12-30-11-8-9-14-33(30)32)25-36(46)41-34(19-20-51-6)39(48)50-5/h8-18,21,26-27,34-35H,7,19-20,22-25H2,1-6H3,(H,41,46). The van der Waals surface area contributed by atoms with E-state index in [1.165, 1.54) is 14.2 Å². The lowest BCUT2D eigenvalue weighted by Crippen LogP contribution is -2.53. The van der Waals surface area contributed by atoms with Gasteiger partial charge < -0.3 is 19.4 Å². The molecule has 0 radical (unpaired) electrons. The number of hydrogen-bond donors (Lipinski definition) is 1. The van der Waals surface area contributed by atoms with Gasteiger partial charge >= 0.3 is 11.9 Å². The summed E-state index contributed by atoms with van der Waals surface area (Å²) in [5, 5.41) is 5.08. The highest BCUT2D eigenvalue weighted by Crippen LogP contribution is 2.27. The van der Waals surface area contributed by atoms with Crippen molar-refractivity contribution < 1.29 is 28.7 Å². The number of carbonyl (C=O) groups is 4. The predicted molar refractivity (Wildman–Crippen MR) is 202 cm³/mol. The summed E-state index contributed by atoms with van der Waals surface area (Å²) in [7, 11) is 2.67. The number of thioether (sulfide) groups is 1. The second-order valence-corrected chi connectivity index (χ2v) is 13.6. The predicted octanol–water partition coefficient (Wildman–Crippen LogP) is 5.55. The van der Waals surface area contributed by atoms with Crippen LogP contribution in [0.25, 0.3) is 10.8 Å². The second-order valence-electron chi connectivity index (χ2n) is 12.6. The summed E-state index contributed by atoms with van der Waals surface area (Å²) in [5.74, 6) is 0.0104. The number of fused-ring (bicyclic) bond motifs is 1. The van der Waals surface area contributed by atoms with Gasteiger partial charge in [0.1, 0.15) is 11.9 Å². The van der Waals surface area contributed by atoms with Crippen molar-refractivity contribution >= 4 is 52.1 Å². The van der Waals surface area contributed by atoms with Crippen LogP contribution >= 0.6 is 11.8 Å². The summed E-state index contributed by atoms with van der Waals surface area (Å²) < 4.78 is 11.7. The summed E-state index contributed by atoms with van der Waals surface area (Å²) in [4.78, 5) is 60.1. The van der Waals surface area contributed by atoms with Gasteiger partial charge in [0.2, 0.25) is 11.8 Å². The van der Waals surface area contributed by atoms with Crippen LogP contribution < -0.4 is 10.2 Å². The normalized spacial score (nSPS) is 13.0. The van der Waals surface area contributed by atoms with E-state index in [0.717, 1.165) is 28.3 Å². The average Bonchev–Trinajstić information content (AvgIpc) is 3.59. The van der Waals surface area contributed by atoms with E-state index in [-0.39, 0.29) is 30.3 Å². The molecular formula is C39H49N5O6S. The molecule has 3 unspecified atom stereocenters. The van der Waals surface area contributed by atoms with Gasteiger partial charge in [-0.2, -0.15) is 11.8 Å². The van der Waals surface area contributed by atoms with E-state index in [4.69, 9.17) is 9.47 Å². The molecule has 0 saturated carbocycles. The molecule has 2 amide bonds. The number of benzene rings is 3. The van der Waals surface area contributed by atoms with E-state index in [2.05, 4.69) is 53.3 Å². The highest BCUT2D eigenvalue weighted by Gasteiger charge is 2.32. The van der Waals surface area contributed by atoms with Crippen molar-refractivity contribution in [1.82, 2.24) is 19.8 Å². The number of anilines is 1. The van der Waals surface area contributed by atoms with E-state index in [1.807, 2.05) is 41.2 Å². The van der Waals surface area contributed by atoms with Crippen LogP contribution in [-0.4, -0.2) is 89.6 Å². The fraction of sp³-hybridized carbons (Fsp3) is 0.410. The van der Waals surface area contributed by atoms with Crippen molar-refractivity contribution in [2.24, 2.45) is 5.92 Å². The number of nitrogens with zero attached hydrogens (tertiary/aromatic N) is 4. The van der Waals surface area contributed by atoms with Gasteiger partial charge in [-0.3, -0.25) is 19.4 Å². The molecule has 0 fully saturated rings. The molecule has 0 aliphatic rings. The Labute approximate surface area is 304 Å². The molecule has 0 saturated heterocycles. The summed E-state index contributed by atoms with van der Waals surface area (Å²) in [6.07, 6.45) is 6.56. The lowest BCUT2D eigenvalue weighted by atomic mass is 9.96. The van der Waals surface area contributed by atoms with Crippen molar-refractivity contribution in [3.05, 3.63) is 95.9 Å². The minimum absolute atomic E-state index is 0.000464. The van der Waals surface area contributed by atoms with Crippen LogP contribution in [0.2, 0.25) is 0 Å². The number of hydrogen-bond acceptors (Lipinski definition) is 9. The zero-order valence-electron chi connectivity index (χ0n) is 30.3. The molecule has 4 rings (SSSR count). The van der Waals surface area contributed by atoms with E-state index in [1.54, 1.807) is 48.2 Å². The molecule has 3 aromatic carbocycles. The maximum atomic E-state index is 13.7. The number of methoxy groups -OCH3 is 2. The van der Waals surface area contributed by atoms with Crippen LogP contribution in [0.3, 0.4) is 0 Å². The zero-order valence-corrected chi connectivity index (χ0v) is 31.2. The van der Waals surface area contributed by atoms with Gasteiger partial charge in [-0.1, -0.05) is 74.9 Å². The van der Waals surface area contributed by atoms with Crippen LogP contribution in [0, 0.1) is 5.92 Å². The van der Waals surface area contributed by atoms with Gasteiger partial charge in [0.15, 0.2) is 0 Å². The number of carbonyl (C=O) groups excluding carboxylic acids is 4. The van der Waals surface area contributed by atoms with Gasteiger partial charge in [0.25, 0.3) is 0 Å². The molecule has 51 heavy (non-hydrogen) atoms. The van der Waals surface area contributed by atoms with E-state index in [0.29, 0.717) is 43.2 Å². The summed E-state index contributed by atoms with van der Waals surface area (Å²) in [5.41, 5.74) is 2.42. The minimum atomic E-state index is -0.760. The first-order chi connectivity index (χ1) is 24.6. The van der Waals surface area contributed by atoms with Crippen molar-refractivity contribution in [2.75, 3.05) is 44.2 Å². The Morgan fingerprint density at radius 2 is 1.71 bits per heavy atom. The van der Waals surface area contributed by atoms with E-state index < -0.39 is 18.0 Å². The Morgan fingerprint density at radius 3 is 2.37 bits per heavy atom. The van der Waals surface area contributed by atoms with Crippen molar-refractivity contribution in [2.45, 2.75) is 58.8 Å². The Kier molecular flexibility index (Phi) is 14.6. The third-order valence-corrected chi connectivity index (χ3v) is 9.80. The molecule has 1 aromatic heterocycles. The fourth-order valence-electron chi connectivity index (χ4n) is 6.24. The minimum Gasteiger partial charge on any atom is -0.467 e. The van der Waals surface area contributed by atoms with Crippen LogP contribution in [0.15, 0.2) is 79.3 Å². The smallest absolute Gasteiger partial charge is 0.337 e. The van der Waals surface area contributed by atoms with E-state index in [9.17, 15) is 19.2 Å². The molecular weight excluding hydrogens is 667 g/mol. The van der Waals surface area contributed by atoms with Gasteiger partial charge in [-0.15, -0.1) is 0 Å². The van der Waals surface area contributed by atoms with Crippen LogP contribution in [0.5, 0.6) is 0 Å². The Balaban J connectivity index is 1.68. The molecule has 4 aromatic rings. The van der Waals surface area contributed by atoms with Gasteiger partial charge in [-0.25, -0.2) is 14.6 Å². The monoisotopic (exact) mass is 715 g/mol. The van der Waals surface area contributed by atoms with Crippen LogP contribution in [-0.2, 0) is 36.9 Å². The third-order valence-electron chi connectivity index (χ3n) is 9.15. The summed E-state index contributed by atoms with van der Waals surface area (Å²) in [6, 6.07) is 20.3. The summed E-state index contributed by atoms with van der Waals surface area (Å²) in [6.45, 7) is 6.97. The number of ether oxygens (including phenoxy) is 2. The fourth-order valence-corrected chi connectivity index (χ4v) is 6.71. The molecule has 1 heterocycles. The number of imidazole rings is 1. The highest BCUT2D eigenvalue weighted by molar-refractivity contribution is 7.98. The Bertz CT molecular complexity index is 1770. The largest absolute Gasteiger partial charge is 0.467 e.